The fourth-order valence-electron chi connectivity index (χ4n) is 2.99. The Balaban J connectivity index is 1.73. The normalized spacial score (nSPS) is 16.6. The molecular formula is C19H32N3O4S+. The summed E-state index contributed by atoms with van der Waals surface area (Å²) in [5, 5.41) is 2.90. The summed E-state index contributed by atoms with van der Waals surface area (Å²) in [7, 11) is -3.45. The number of ether oxygens (including phenoxy) is 1. The third kappa shape index (κ3) is 6.88. The van der Waals surface area contributed by atoms with E-state index in [2.05, 4.69) is 5.32 Å². The molecule has 0 spiro atoms. The van der Waals surface area contributed by atoms with Gasteiger partial charge in [0.25, 0.3) is 5.91 Å². The number of aryl methyl sites for hydroxylation is 1. The minimum Gasteiger partial charge on any atom is -0.379 e. The summed E-state index contributed by atoms with van der Waals surface area (Å²) in [5.41, 5.74) is 1.03. The first-order valence-corrected chi connectivity index (χ1v) is 11.0. The van der Waals surface area contributed by atoms with Gasteiger partial charge >= 0.3 is 0 Å². The predicted molar refractivity (Wildman–Crippen MR) is 104 cm³/mol. The van der Waals surface area contributed by atoms with Crippen LogP contribution in [0, 0.1) is 6.92 Å². The molecule has 0 radical (unpaired) electrons. The van der Waals surface area contributed by atoms with E-state index in [4.69, 9.17) is 4.74 Å². The van der Waals surface area contributed by atoms with Crippen molar-refractivity contribution in [3.63, 3.8) is 0 Å². The number of hydrogen-bond donors (Lipinski definition) is 2. The highest BCUT2D eigenvalue weighted by Crippen LogP contribution is 2.16. The summed E-state index contributed by atoms with van der Waals surface area (Å²) in [6.45, 7) is 9.66. The molecule has 1 aromatic carbocycles. The van der Waals surface area contributed by atoms with Gasteiger partial charge in [-0.3, -0.25) is 4.79 Å². The standard InChI is InChI=1S/C19H31N3O4S/c1-16(2)26-14-4-9-20-19(23)15-21-10-12-22(13-11-21)27(24,25)18-7-5-17(3)6-8-18/h5-8,16H,4,9-15H2,1-3H3,(H,20,23)/p+1. The maximum absolute atomic E-state index is 12.7. The third-order valence-corrected chi connectivity index (χ3v) is 6.51. The first-order valence-electron chi connectivity index (χ1n) is 9.57. The van der Waals surface area contributed by atoms with Crippen LogP contribution in [0.3, 0.4) is 0 Å². The van der Waals surface area contributed by atoms with E-state index in [1.807, 2.05) is 32.9 Å². The number of nitrogens with zero attached hydrogens (tertiary/aromatic N) is 1. The molecule has 1 amide bonds. The lowest BCUT2D eigenvalue weighted by Crippen LogP contribution is -3.15. The van der Waals surface area contributed by atoms with Crippen LogP contribution in [0.4, 0.5) is 0 Å². The minimum atomic E-state index is -3.45. The zero-order valence-electron chi connectivity index (χ0n) is 16.5. The molecule has 1 aliphatic heterocycles. The summed E-state index contributed by atoms with van der Waals surface area (Å²) >= 11 is 0. The lowest BCUT2D eigenvalue weighted by atomic mass is 10.2. The predicted octanol–water partition coefficient (Wildman–Crippen LogP) is -0.184. The Morgan fingerprint density at radius 2 is 1.85 bits per heavy atom. The van der Waals surface area contributed by atoms with Gasteiger partial charge in [0.1, 0.15) is 0 Å². The first-order chi connectivity index (χ1) is 12.8. The number of quaternary nitrogens is 1. The number of hydrogen-bond acceptors (Lipinski definition) is 4. The SMILES string of the molecule is Cc1ccc(S(=O)(=O)N2CC[NH+](CC(=O)NCCCOC(C)C)CC2)cc1. The number of rotatable bonds is 9. The molecule has 8 heteroatoms. The maximum atomic E-state index is 12.7. The van der Waals surface area contributed by atoms with Gasteiger partial charge in [0.15, 0.2) is 6.54 Å². The summed E-state index contributed by atoms with van der Waals surface area (Å²) < 4.78 is 32.4. The van der Waals surface area contributed by atoms with Crippen molar-refractivity contribution in [2.24, 2.45) is 0 Å². The fourth-order valence-corrected chi connectivity index (χ4v) is 4.43. The molecule has 1 saturated heterocycles. The molecule has 0 aliphatic carbocycles. The van der Waals surface area contributed by atoms with E-state index >= 15 is 0 Å². The number of sulfonamides is 1. The second kappa shape index (κ2) is 10.2. The Morgan fingerprint density at radius 3 is 2.44 bits per heavy atom. The monoisotopic (exact) mass is 398 g/mol. The zero-order chi connectivity index (χ0) is 19.9. The van der Waals surface area contributed by atoms with Crippen LogP contribution in [0.15, 0.2) is 29.2 Å². The Morgan fingerprint density at radius 1 is 1.22 bits per heavy atom. The highest BCUT2D eigenvalue weighted by atomic mass is 32.2. The van der Waals surface area contributed by atoms with Crippen molar-refractivity contribution in [2.45, 2.75) is 38.2 Å². The van der Waals surface area contributed by atoms with Crippen LogP contribution in [0.5, 0.6) is 0 Å². The van der Waals surface area contributed by atoms with Crippen LogP contribution in [0.1, 0.15) is 25.8 Å². The second-order valence-electron chi connectivity index (χ2n) is 7.27. The second-order valence-corrected chi connectivity index (χ2v) is 9.20. The van der Waals surface area contributed by atoms with Gasteiger partial charge in [0.05, 0.1) is 37.2 Å². The smallest absolute Gasteiger partial charge is 0.275 e. The summed E-state index contributed by atoms with van der Waals surface area (Å²) in [4.78, 5) is 13.5. The number of nitrogens with one attached hydrogen (secondary N) is 2. The van der Waals surface area contributed by atoms with Gasteiger partial charge < -0.3 is 15.0 Å². The minimum absolute atomic E-state index is 0.00406. The molecular weight excluding hydrogens is 366 g/mol. The van der Waals surface area contributed by atoms with Crippen LogP contribution < -0.4 is 10.2 Å². The van der Waals surface area contributed by atoms with Gasteiger partial charge in [0, 0.05) is 13.2 Å². The molecule has 152 valence electrons. The van der Waals surface area contributed by atoms with Crippen LogP contribution in [-0.2, 0) is 19.6 Å². The Hall–Kier alpha value is -1.48. The largest absolute Gasteiger partial charge is 0.379 e. The van der Waals surface area contributed by atoms with E-state index in [-0.39, 0.29) is 12.0 Å². The highest BCUT2D eigenvalue weighted by Gasteiger charge is 2.30. The molecule has 0 atom stereocenters. The first kappa shape index (κ1) is 21.8. The van der Waals surface area contributed by atoms with Crippen molar-refractivity contribution in [3.8, 4) is 0 Å². The topological polar surface area (TPSA) is 80.2 Å². The molecule has 1 fully saturated rings. The molecule has 1 heterocycles. The maximum Gasteiger partial charge on any atom is 0.275 e. The van der Waals surface area contributed by atoms with E-state index < -0.39 is 10.0 Å². The summed E-state index contributed by atoms with van der Waals surface area (Å²) in [6.07, 6.45) is 1.000. The Bertz CT molecular complexity index is 696. The van der Waals surface area contributed by atoms with Gasteiger partial charge in [0.2, 0.25) is 10.0 Å². The number of amides is 1. The van der Waals surface area contributed by atoms with Gasteiger partial charge in [-0.2, -0.15) is 4.31 Å². The number of piperazine rings is 1. The van der Waals surface area contributed by atoms with Gasteiger partial charge in [-0.25, -0.2) is 8.42 Å². The van der Waals surface area contributed by atoms with Crippen molar-refractivity contribution in [1.29, 1.82) is 0 Å². The van der Waals surface area contributed by atoms with Crippen molar-refractivity contribution >= 4 is 15.9 Å². The molecule has 2 rings (SSSR count). The Kier molecular flexibility index (Phi) is 8.22. The molecule has 0 unspecified atom stereocenters. The van der Waals surface area contributed by atoms with Crippen LogP contribution in [0.25, 0.3) is 0 Å². The molecule has 0 bridgehead atoms. The van der Waals surface area contributed by atoms with Crippen LogP contribution in [0.2, 0.25) is 0 Å². The number of carbonyl (C=O) groups excluding carboxylic acids is 1. The van der Waals surface area contributed by atoms with Crippen molar-refractivity contribution in [2.75, 3.05) is 45.9 Å². The quantitative estimate of drug-likeness (QED) is 0.566. The molecule has 1 aromatic rings. The highest BCUT2D eigenvalue weighted by molar-refractivity contribution is 7.89. The average Bonchev–Trinajstić information content (AvgIpc) is 2.62. The van der Waals surface area contributed by atoms with Gasteiger partial charge in [-0.15, -0.1) is 0 Å². The van der Waals surface area contributed by atoms with Crippen molar-refractivity contribution in [1.82, 2.24) is 9.62 Å². The van der Waals surface area contributed by atoms with Crippen LogP contribution in [-0.4, -0.2) is 70.6 Å². The molecule has 0 saturated carbocycles. The molecule has 0 aromatic heterocycles. The number of carbonyl (C=O) groups is 1. The Labute approximate surface area is 162 Å². The van der Waals surface area contributed by atoms with Crippen molar-refractivity contribution < 1.29 is 22.8 Å². The van der Waals surface area contributed by atoms with E-state index in [0.29, 0.717) is 50.8 Å². The summed E-state index contributed by atoms with van der Waals surface area (Å²) in [6, 6.07) is 6.93. The van der Waals surface area contributed by atoms with E-state index in [9.17, 15) is 13.2 Å². The lowest BCUT2D eigenvalue weighted by Gasteiger charge is -2.31. The van der Waals surface area contributed by atoms with Crippen LogP contribution >= 0.6 is 0 Å². The van der Waals surface area contributed by atoms with E-state index in [0.717, 1.165) is 16.9 Å². The summed E-state index contributed by atoms with van der Waals surface area (Å²) in [5.74, 6) is 0.00406. The fraction of sp³-hybridized carbons (Fsp3) is 0.632. The van der Waals surface area contributed by atoms with E-state index in [1.165, 1.54) is 4.31 Å². The van der Waals surface area contributed by atoms with Crippen molar-refractivity contribution in [3.05, 3.63) is 29.8 Å². The molecule has 7 nitrogen and oxygen atoms in total. The molecule has 2 N–H and O–H groups in total. The molecule has 27 heavy (non-hydrogen) atoms. The molecule has 1 aliphatic rings. The van der Waals surface area contributed by atoms with E-state index in [1.54, 1.807) is 12.1 Å². The third-order valence-electron chi connectivity index (χ3n) is 4.59. The lowest BCUT2D eigenvalue weighted by molar-refractivity contribution is -0.895. The number of benzene rings is 1. The average molecular weight is 399 g/mol. The van der Waals surface area contributed by atoms with Gasteiger partial charge in [-0.1, -0.05) is 17.7 Å². The zero-order valence-corrected chi connectivity index (χ0v) is 17.3. The van der Waals surface area contributed by atoms with Gasteiger partial charge in [-0.05, 0) is 39.3 Å².